The number of hydrogen-bond donors (Lipinski definition) is 0. The lowest BCUT2D eigenvalue weighted by atomic mass is 10.3. The molecule has 0 radical (unpaired) electrons. The van der Waals surface area contributed by atoms with Crippen molar-refractivity contribution in [1.82, 2.24) is 28.9 Å². The minimum absolute atomic E-state index is 0.0323. The van der Waals surface area contributed by atoms with Crippen molar-refractivity contribution < 1.29 is 0 Å². The van der Waals surface area contributed by atoms with Gasteiger partial charge in [0.25, 0.3) is 5.56 Å². The highest BCUT2D eigenvalue weighted by Crippen LogP contribution is 2.13. The third-order valence-electron chi connectivity index (χ3n) is 3.86. The van der Waals surface area contributed by atoms with E-state index < -0.39 is 0 Å². The van der Waals surface area contributed by atoms with E-state index in [1.807, 2.05) is 48.1 Å². The van der Waals surface area contributed by atoms with E-state index in [0.717, 1.165) is 27.8 Å². The predicted molar refractivity (Wildman–Crippen MR) is 92.2 cm³/mol. The Morgan fingerprint density at radius 3 is 3.00 bits per heavy atom. The van der Waals surface area contributed by atoms with E-state index in [1.165, 1.54) is 11.3 Å². The molecule has 0 saturated heterocycles. The maximum absolute atomic E-state index is 12.2. The van der Waals surface area contributed by atoms with E-state index in [4.69, 9.17) is 0 Å². The first kappa shape index (κ1) is 15.0. The first-order valence-electron chi connectivity index (χ1n) is 7.56. The second-order valence-corrected chi connectivity index (χ2v) is 6.63. The minimum Gasteiger partial charge on any atom is -0.293 e. The van der Waals surface area contributed by atoms with Gasteiger partial charge < -0.3 is 0 Å². The van der Waals surface area contributed by atoms with Crippen molar-refractivity contribution in [3.63, 3.8) is 0 Å². The Balaban J connectivity index is 1.58. The summed E-state index contributed by atoms with van der Waals surface area (Å²) in [5.41, 5.74) is 2.48. The summed E-state index contributed by atoms with van der Waals surface area (Å²) in [6.07, 6.45) is 1.95. The molecule has 0 aromatic carbocycles. The van der Waals surface area contributed by atoms with Gasteiger partial charge in [-0.1, -0.05) is 6.07 Å². The summed E-state index contributed by atoms with van der Waals surface area (Å²) in [6.45, 7) is 3.11. The monoisotopic (exact) mass is 340 g/mol. The summed E-state index contributed by atoms with van der Waals surface area (Å²) in [7, 11) is 1.98. The van der Waals surface area contributed by atoms with Crippen LogP contribution in [0.25, 0.3) is 10.6 Å². The van der Waals surface area contributed by atoms with Gasteiger partial charge in [0.15, 0.2) is 16.4 Å². The van der Waals surface area contributed by atoms with E-state index in [-0.39, 0.29) is 5.56 Å². The van der Waals surface area contributed by atoms with Gasteiger partial charge in [0.2, 0.25) is 0 Å². The molecule has 24 heavy (non-hydrogen) atoms. The molecule has 0 aliphatic heterocycles. The highest BCUT2D eigenvalue weighted by atomic mass is 32.1. The molecule has 4 rings (SSSR count). The Labute approximate surface area is 141 Å². The zero-order valence-electron chi connectivity index (χ0n) is 13.4. The van der Waals surface area contributed by atoms with Crippen LogP contribution >= 0.6 is 11.3 Å². The molecule has 0 bridgehead atoms. The topological polar surface area (TPSA) is 67.8 Å². The van der Waals surface area contributed by atoms with Crippen molar-refractivity contribution in [2.75, 3.05) is 7.05 Å². The fourth-order valence-electron chi connectivity index (χ4n) is 2.75. The first-order chi connectivity index (χ1) is 11.6. The van der Waals surface area contributed by atoms with Gasteiger partial charge in [0.05, 0.1) is 12.2 Å². The molecule has 0 fully saturated rings. The van der Waals surface area contributed by atoms with Gasteiger partial charge in [0, 0.05) is 29.9 Å². The van der Waals surface area contributed by atoms with Gasteiger partial charge in [-0.2, -0.15) is 0 Å². The largest absolute Gasteiger partial charge is 0.293 e. The molecule has 0 N–H and O–H groups in total. The summed E-state index contributed by atoms with van der Waals surface area (Å²) in [4.78, 5) is 19.6. The Hall–Kier alpha value is -2.58. The number of hydrogen-bond acceptors (Lipinski definition) is 6. The van der Waals surface area contributed by atoms with Crippen LogP contribution in [0, 0.1) is 6.92 Å². The molecule has 0 aliphatic carbocycles. The lowest BCUT2D eigenvalue weighted by molar-refractivity contribution is 0.305. The molecule has 0 spiro atoms. The molecule has 0 atom stereocenters. The Morgan fingerprint density at radius 2 is 2.12 bits per heavy atom. The molecular weight excluding hydrogens is 324 g/mol. The second kappa shape index (κ2) is 5.81. The zero-order valence-corrected chi connectivity index (χ0v) is 14.2. The number of pyridine rings is 1. The van der Waals surface area contributed by atoms with Crippen molar-refractivity contribution in [1.29, 1.82) is 0 Å². The zero-order chi connectivity index (χ0) is 16.7. The van der Waals surface area contributed by atoms with Crippen LogP contribution in [0.1, 0.15) is 17.2 Å². The van der Waals surface area contributed by atoms with Crippen LogP contribution in [-0.2, 0) is 13.1 Å². The van der Waals surface area contributed by atoms with Gasteiger partial charge in [-0.25, -0.2) is 4.98 Å². The third kappa shape index (κ3) is 2.59. The Morgan fingerprint density at radius 1 is 1.25 bits per heavy atom. The number of rotatable bonds is 4. The molecule has 0 amide bonds. The smallest absolute Gasteiger partial charge is 0.259 e. The summed E-state index contributed by atoms with van der Waals surface area (Å²) >= 11 is 1.48. The van der Waals surface area contributed by atoms with E-state index in [1.54, 1.807) is 10.5 Å². The van der Waals surface area contributed by atoms with Crippen molar-refractivity contribution in [2.24, 2.45) is 0 Å². The Bertz CT molecular complexity index is 1080. The maximum atomic E-state index is 12.2. The highest BCUT2D eigenvalue weighted by molar-refractivity contribution is 7.15. The fraction of sp³-hybridized carbons (Fsp3) is 0.250. The predicted octanol–water partition coefficient (Wildman–Crippen LogP) is 1.74. The highest BCUT2D eigenvalue weighted by Gasteiger charge is 2.11. The van der Waals surface area contributed by atoms with Gasteiger partial charge in [-0.05, 0) is 26.1 Å². The normalized spacial score (nSPS) is 11.8. The number of thiazole rings is 1. The van der Waals surface area contributed by atoms with Crippen LogP contribution in [-0.4, -0.2) is 35.9 Å². The average Bonchev–Trinajstić information content (AvgIpc) is 3.12. The van der Waals surface area contributed by atoms with Gasteiger partial charge >= 0.3 is 0 Å². The van der Waals surface area contributed by atoms with Crippen LogP contribution in [0.3, 0.4) is 0 Å². The van der Waals surface area contributed by atoms with Crippen molar-refractivity contribution >= 4 is 21.9 Å². The van der Waals surface area contributed by atoms with E-state index in [0.29, 0.717) is 13.1 Å². The SMILES string of the molecule is Cc1csc2nc(CN(C)Cc3nnc4ccccn34)cc(=O)n12. The number of aryl methyl sites for hydroxylation is 1. The molecular formula is C16H16N6OS. The average molecular weight is 340 g/mol. The lowest BCUT2D eigenvalue weighted by Gasteiger charge is -2.14. The molecule has 4 heterocycles. The van der Waals surface area contributed by atoms with E-state index in [2.05, 4.69) is 20.1 Å². The standard InChI is InChI=1S/C16H16N6OS/c1-11-10-24-16-17-12(7-15(23)22(11)16)8-20(2)9-14-19-18-13-5-3-4-6-21(13)14/h3-7,10H,8-9H2,1-2H3. The summed E-state index contributed by atoms with van der Waals surface area (Å²) in [5, 5.41) is 10.3. The molecule has 7 nitrogen and oxygen atoms in total. The summed E-state index contributed by atoms with van der Waals surface area (Å²) in [5.74, 6) is 0.859. The molecule has 0 saturated carbocycles. The van der Waals surface area contributed by atoms with Crippen LogP contribution in [0.4, 0.5) is 0 Å². The van der Waals surface area contributed by atoms with Crippen LogP contribution < -0.4 is 5.56 Å². The molecule has 0 unspecified atom stereocenters. The summed E-state index contributed by atoms with van der Waals surface area (Å²) < 4.78 is 3.60. The minimum atomic E-state index is -0.0323. The molecule has 8 heteroatoms. The van der Waals surface area contributed by atoms with Crippen LogP contribution in [0.5, 0.6) is 0 Å². The van der Waals surface area contributed by atoms with E-state index in [9.17, 15) is 4.79 Å². The quantitative estimate of drug-likeness (QED) is 0.566. The molecule has 122 valence electrons. The van der Waals surface area contributed by atoms with Crippen LogP contribution in [0.15, 0.2) is 40.6 Å². The number of aromatic nitrogens is 5. The fourth-order valence-corrected chi connectivity index (χ4v) is 3.65. The van der Waals surface area contributed by atoms with E-state index >= 15 is 0 Å². The van der Waals surface area contributed by atoms with Crippen molar-refractivity contribution in [2.45, 2.75) is 20.0 Å². The van der Waals surface area contributed by atoms with Crippen molar-refractivity contribution in [3.05, 3.63) is 63.4 Å². The lowest BCUT2D eigenvalue weighted by Crippen LogP contribution is -2.22. The first-order valence-corrected chi connectivity index (χ1v) is 8.44. The summed E-state index contributed by atoms with van der Waals surface area (Å²) in [6, 6.07) is 7.42. The third-order valence-corrected chi connectivity index (χ3v) is 4.80. The van der Waals surface area contributed by atoms with Crippen LogP contribution in [0.2, 0.25) is 0 Å². The van der Waals surface area contributed by atoms with Gasteiger partial charge in [-0.15, -0.1) is 21.5 Å². The van der Waals surface area contributed by atoms with Gasteiger partial charge in [-0.3, -0.25) is 18.5 Å². The van der Waals surface area contributed by atoms with Gasteiger partial charge in [0.1, 0.15) is 0 Å². The number of fused-ring (bicyclic) bond motifs is 2. The molecule has 4 aromatic heterocycles. The second-order valence-electron chi connectivity index (χ2n) is 5.80. The maximum Gasteiger partial charge on any atom is 0.259 e. The van der Waals surface area contributed by atoms with Crippen molar-refractivity contribution in [3.8, 4) is 0 Å². The molecule has 4 aromatic rings. The Kier molecular flexibility index (Phi) is 3.62. The number of nitrogens with zero attached hydrogens (tertiary/aromatic N) is 6. The molecule has 0 aliphatic rings.